The van der Waals surface area contributed by atoms with Gasteiger partial charge in [-0.3, -0.25) is 0 Å². The Kier molecular flexibility index (Phi) is 12.5. The Bertz CT molecular complexity index is 53.8. The summed E-state index contributed by atoms with van der Waals surface area (Å²) in [5.74, 6) is -1.42. The van der Waals surface area contributed by atoms with Crippen molar-refractivity contribution in [2.75, 3.05) is 14.2 Å². The van der Waals surface area contributed by atoms with Crippen LogP contribution in [-0.4, -0.2) is 25.3 Å². The molecule has 52 valence electrons. The Hall–Kier alpha value is 0.767. The van der Waals surface area contributed by atoms with Gasteiger partial charge < -0.3 is 27.0 Å². The van der Waals surface area contributed by atoms with E-state index < -0.39 is 5.97 Å². The number of hydrogen-bond acceptors (Lipinski definition) is 3. The van der Waals surface area contributed by atoms with Gasteiger partial charge in [0, 0.05) is 21.1 Å². The first-order valence-electron chi connectivity index (χ1n) is 1.95. The van der Waals surface area contributed by atoms with Gasteiger partial charge in [0.1, 0.15) is 0 Å². The maximum absolute atomic E-state index is 8.69. The van der Waals surface area contributed by atoms with Gasteiger partial charge in [-0.1, -0.05) is 0 Å². The molecule has 0 aromatic heterocycles. The van der Waals surface area contributed by atoms with Crippen LogP contribution in [0.1, 0.15) is 6.92 Å². The second-order valence-electron chi connectivity index (χ2n) is 1.31. The van der Waals surface area contributed by atoms with Crippen LogP contribution in [0.5, 0.6) is 0 Å². The zero-order valence-corrected chi connectivity index (χ0v) is 6.90. The summed E-state index contributed by atoms with van der Waals surface area (Å²) in [5.41, 5.74) is 0. The number of rotatable bonds is 2. The van der Waals surface area contributed by atoms with E-state index in [2.05, 4.69) is 9.47 Å². The molecule has 0 atom stereocenters. The first kappa shape index (κ1) is 16.4. The minimum atomic E-state index is -1.42. The van der Waals surface area contributed by atoms with E-state index >= 15 is 0 Å². The molecule has 0 aromatic carbocycles. The van der Waals surface area contributed by atoms with Crippen LogP contribution in [0.15, 0.2) is 0 Å². The van der Waals surface area contributed by atoms with E-state index in [1.165, 1.54) is 21.1 Å². The summed E-state index contributed by atoms with van der Waals surface area (Å²) in [7, 11) is 2.73. The smallest absolute Gasteiger partial charge is 1.00 e. The predicted molar refractivity (Wildman–Crippen MR) is 24.6 cm³/mol. The van der Waals surface area contributed by atoms with Crippen LogP contribution in [0.3, 0.4) is 0 Å². The number of hydrogen-bond donors (Lipinski definition) is 1. The molecule has 1 N–H and O–H groups in total. The average Bonchev–Trinajstić information content (AvgIpc) is 1.68. The fourth-order valence-corrected chi connectivity index (χ4v) is 0.0833. The largest absolute Gasteiger partial charge is 1.00 e. The summed E-state index contributed by atoms with van der Waals surface area (Å²) >= 11 is 0. The van der Waals surface area contributed by atoms with Crippen molar-refractivity contribution in [3.8, 4) is 0 Å². The average molecular weight is 149 g/mol. The van der Waals surface area contributed by atoms with E-state index in [1.807, 2.05) is 0 Å². The second kappa shape index (κ2) is 6.88. The molecule has 0 aliphatic carbocycles. The quantitative estimate of drug-likeness (QED) is 0.313. The zero-order valence-electron chi connectivity index (χ0n) is 6.14. The third-order valence-electron chi connectivity index (χ3n) is 0.757. The topological polar surface area (TPSA) is 38.7 Å². The molecular weight excluding hydrogens is 138 g/mol. The van der Waals surface area contributed by atoms with Crippen molar-refractivity contribution in [2.24, 2.45) is 0 Å². The van der Waals surface area contributed by atoms with Crippen molar-refractivity contribution >= 4 is 0 Å². The van der Waals surface area contributed by atoms with Crippen molar-refractivity contribution in [1.82, 2.24) is 0 Å². The van der Waals surface area contributed by atoms with E-state index in [-0.39, 0.29) is 31.3 Å². The molecule has 9 heavy (non-hydrogen) atoms. The fraction of sp³-hybridized carbons (Fsp3) is 1.00. The standard InChI is InChI=1S/C4H10O3.ClH.Li/c1-4(5,6-2)7-3;;/h5H,1-3H3;1H;/q;;+1/p-1. The molecule has 0 bridgehead atoms. The van der Waals surface area contributed by atoms with Crippen molar-refractivity contribution in [3.63, 3.8) is 0 Å². The molecule has 0 heterocycles. The molecule has 0 saturated carbocycles. The Morgan fingerprint density at radius 2 is 1.44 bits per heavy atom. The predicted octanol–water partition coefficient (Wildman–Crippen LogP) is -6.05. The molecule has 5 heteroatoms. The maximum atomic E-state index is 8.69. The molecule has 0 aliphatic heterocycles. The van der Waals surface area contributed by atoms with Gasteiger partial charge in [0.05, 0.1) is 0 Å². The first-order valence-corrected chi connectivity index (χ1v) is 1.95. The summed E-state index contributed by atoms with van der Waals surface area (Å²) < 4.78 is 8.84. The van der Waals surface area contributed by atoms with Gasteiger partial charge in [0.25, 0.3) is 5.97 Å². The minimum Gasteiger partial charge on any atom is -1.00 e. The van der Waals surface area contributed by atoms with Gasteiger partial charge in [-0.05, 0) is 0 Å². The molecule has 0 unspecified atom stereocenters. The van der Waals surface area contributed by atoms with E-state index in [0.717, 1.165) is 0 Å². The van der Waals surface area contributed by atoms with E-state index in [9.17, 15) is 0 Å². The summed E-state index contributed by atoms with van der Waals surface area (Å²) in [5, 5.41) is 8.69. The maximum Gasteiger partial charge on any atom is 1.00 e. The monoisotopic (exact) mass is 148 g/mol. The van der Waals surface area contributed by atoms with Gasteiger partial charge in [0.15, 0.2) is 0 Å². The molecule has 0 radical (unpaired) electrons. The number of methoxy groups -OCH3 is 2. The molecule has 0 rings (SSSR count). The Morgan fingerprint density at radius 3 is 1.44 bits per heavy atom. The molecule has 0 aliphatic rings. The van der Waals surface area contributed by atoms with Crippen LogP contribution >= 0.6 is 0 Å². The molecule has 0 fully saturated rings. The minimum absolute atomic E-state index is 0. The van der Waals surface area contributed by atoms with Crippen molar-refractivity contribution in [2.45, 2.75) is 12.9 Å². The number of aliphatic hydroxyl groups is 1. The van der Waals surface area contributed by atoms with Gasteiger partial charge in [-0.2, -0.15) is 0 Å². The number of ether oxygens (including phenoxy) is 2. The van der Waals surface area contributed by atoms with Gasteiger partial charge in [-0.15, -0.1) is 0 Å². The van der Waals surface area contributed by atoms with Crippen LogP contribution in [0.4, 0.5) is 0 Å². The molecule has 3 nitrogen and oxygen atoms in total. The van der Waals surface area contributed by atoms with E-state index in [4.69, 9.17) is 5.11 Å². The summed E-state index contributed by atoms with van der Waals surface area (Å²) in [4.78, 5) is 0. The van der Waals surface area contributed by atoms with Gasteiger partial charge >= 0.3 is 18.9 Å². The van der Waals surface area contributed by atoms with Crippen LogP contribution < -0.4 is 31.3 Å². The fourth-order valence-electron chi connectivity index (χ4n) is 0.0833. The number of halogens is 1. The third-order valence-corrected chi connectivity index (χ3v) is 0.757. The third kappa shape index (κ3) is 8.77. The van der Waals surface area contributed by atoms with Gasteiger partial charge in [0.2, 0.25) is 0 Å². The van der Waals surface area contributed by atoms with Crippen molar-refractivity contribution < 1.29 is 45.8 Å². The second-order valence-corrected chi connectivity index (χ2v) is 1.31. The summed E-state index contributed by atoms with van der Waals surface area (Å²) in [6.07, 6.45) is 0. The Balaban J connectivity index is -0.000000180. The molecule has 0 aromatic rings. The van der Waals surface area contributed by atoms with E-state index in [1.54, 1.807) is 0 Å². The summed E-state index contributed by atoms with van der Waals surface area (Å²) in [6, 6.07) is 0. The van der Waals surface area contributed by atoms with Crippen LogP contribution in [0.2, 0.25) is 0 Å². The van der Waals surface area contributed by atoms with Crippen molar-refractivity contribution in [1.29, 1.82) is 0 Å². The van der Waals surface area contributed by atoms with Crippen molar-refractivity contribution in [3.05, 3.63) is 0 Å². The van der Waals surface area contributed by atoms with Crippen LogP contribution in [-0.2, 0) is 9.47 Å². The Morgan fingerprint density at radius 1 is 1.22 bits per heavy atom. The zero-order chi connectivity index (χ0) is 5.91. The van der Waals surface area contributed by atoms with Crippen LogP contribution in [0, 0.1) is 0 Å². The Labute approximate surface area is 73.3 Å². The van der Waals surface area contributed by atoms with Gasteiger partial charge in [-0.25, -0.2) is 0 Å². The first-order chi connectivity index (χ1) is 3.12. The van der Waals surface area contributed by atoms with E-state index in [0.29, 0.717) is 0 Å². The normalized spacial score (nSPS) is 9.33. The van der Waals surface area contributed by atoms with Crippen LogP contribution in [0.25, 0.3) is 0 Å². The molecule has 0 spiro atoms. The molecular formula is C4H10ClLiO3. The molecule has 0 saturated heterocycles. The molecule has 0 amide bonds. The SMILES string of the molecule is COC(C)(O)OC.[Cl-].[Li+]. The summed E-state index contributed by atoms with van der Waals surface area (Å²) in [6.45, 7) is 1.41.